The van der Waals surface area contributed by atoms with E-state index in [1.165, 1.54) is 6.08 Å². The van der Waals surface area contributed by atoms with Crippen molar-refractivity contribution in [3.8, 4) is 0 Å². The summed E-state index contributed by atoms with van der Waals surface area (Å²) in [4.78, 5) is 11.9. The Morgan fingerprint density at radius 1 is 1.30 bits per heavy atom. The molecule has 0 saturated carbocycles. The lowest BCUT2D eigenvalue weighted by Gasteiger charge is -2.26. The first-order valence-corrected chi connectivity index (χ1v) is 7.37. The van der Waals surface area contributed by atoms with Gasteiger partial charge in [-0.15, -0.1) is 11.6 Å². The number of rotatable bonds is 6. The van der Waals surface area contributed by atoms with Crippen LogP contribution in [0.2, 0.25) is 0 Å². The molecule has 0 bridgehead atoms. The van der Waals surface area contributed by atoms with E-state index in [0.29, 0.717) is 0 Å². The van der Waals surface area contributed by atoms with E-state index in [9.17, 15) is 4.79 Å². The van der Waals surface area contributed by atoms with E-state index in [-0.39, 0.29) is 23.5 Å². The van der Waals surface area contributed by atoms with Gasteiger partial charge in [-0.05, 0) is 17.1 Å². The van der Waals surface area contributed by atoms with Gasteiger partial charge >= 0.3 is 5.97 Å². The fourth-order valence-corrected chi connectivity index (χ4v) is 2.18. The number of benzene rings is 1. The van der Waals surface area contributed by atoms with Crippen LogP contribution in [0.15, 0.2) is 40.9 Å². The van der Waals surface area contributed by atoms with Gasteiger partial charge in [-0.3, -0.25) is 4.79 Å². The molecule has 1 atom stereocenters. The molecule has 20 heavy (non-hydrogen) atoms. The minimum absolute atomic E-state index is 0.0933. The Kier molecular flexibility index (Phi) is 6.87. The fourth-order valence-electron chi connectivity index (χ4n) is 1.59. The molecular weight excluding hydrogens is 319 g/mol. The van der Waals surface area contributed by atoms with Crippen LogP contribution < -0.4 is 0 Å². The normalized spacial score (nSPS) is 12.7. The fraction of sp³-hybridized carbons (Fsp3) is 0.400. The molecule has 1 rings (SSSR count). The highest BCUT2D eigenvalue weighted by atomic mass is 35.5. The number of hydrogen-bond acceptors (Lipinski definition) is 2. The molecule has 1 unspecified atom stereocenters. The summed E-state index contributed by atoms with van der Waals surface area (Å²) >= 11 is 17.3. The van der Waals surface area contributed by atoms with Gasteiger partial charge in [-0.2, -0.15) is 0 Å². The van der Waals surface area contributed by atoms with E-state index in [1.54, 1.807) is 0 Å². The van der Waals surface area contributed by atoms with Crippen molar-refractivity contribution in [1.82, 2.24) is 0 Å². The maximum Gasteiger partial charge on any atom is 0.306 e. The van der Waals surface area contributed by atoms with E-state index in [1.807, 2.05) is 44.2 Å². The number of ether oxygens (including phenoxy) is 1. The summed E-state index contributed by atoms with van der Waals surface area (Å²) in [5.74, 6) is -0.302. The zero-order chi connectivity index (χ0) is 15.2. The van der Waals surface area contributed by atoms with Crippen LogP contribution >= 0.6 is 34.8 Å². The van der Waals surface area contributed by atoms with Crippen LogP contribution in [0.4, 0.5) is 0 Å². The van der Waals surface area contributed by atoms with Crippen LogP contribution in [0.25, 0.3) is 0 Å². The van der Waals surface area contributed by atoms with Gasteiger partial charge in [0.1, 0.15) is 11.1 Å². The van der Waals surface area contributed by atoms with Crippen molar-refractivity contribution in [1.29, 1.82) is 0 Å². The highest BCUT2D eigenvalue weighted by Crippen LogP contribution is 2.32. The Bertz CT molecular complexity index is 465. The molecule has 0 N–H and O–H groups in total. The van der Waals surface area contributed by atoms with Crippen LogP contribution in [-0.4, -0.2) is 11.3 Å². The molecule has 5 heteroatoms. The van der Waals surface area contributed by atoms with Gasteiger partial charge < -0.3 is 4.74 Å². The van der Waals surface area contributed by atoms with E-state index >= 15 is 0 Å². The molecule has 110 valence electrons. The lowest BCUT2D eigenvalue weighted by atomic mass is 9.85. The first kappa shape index (κ1) is 17.4. The Morgan fingerprint density at radius 3 is 2.45 bits per heavy atom. The third-order valence-corrected chi connectivity index (χ3v) is 3.83. The summed E-state index contributed by atoms with van der Waals surface area (Å²) in [6, 6.07) is 9.51. The summed E-state index contributed by atoms with van der Waals surface area (Å²) in [7, 11) is 0. The third-order valence-electron chi connectivity index (χ3n) is 2.86. The van der Waals surface area contributed by atoms with Gasteiger partial charge in [0.25, 0.3) is 0 Å². The van der Waals surface area contributed by atoms with Gasteiger partial charge in [-0.25, -0.2) is 0 Å². The van der Waals surface area contributed by atoms with E-state index < -0.39 is 10.8 Å². The van der Waals surface area contributed by atoms with Gasteiger partial charge in [0, 0.05) is 0 Å². The molecule has 0 radical (unpaired) electrons. The molecular formula is C15H17Cl3O2. The van der Waals surface area contributed by atoms with Crippen molar-refractivity contribution in [3.63, 3.8) is 0 Å². The lowest BCUT2D eigenvalue weighted by molar-refractivity contribution is -0.147. The second-order valence-electron chi connectivity index (χ2n) is 5.17. The smallest absolute Gasteiger partial charge is 0.306 e. The summed E-state index contributed by atoms with van der Waals surface area (Å²) in [6.45, 7) is 3.98. The number of hydrogen-bond donors (Lipinski definition) is 0. The summed E-state index contributed by atoms with van der Waals surface area (Å²) in [5, 5.41) is -0.447. The molecule has 0 aliphatic heterocycles. The third kappa shape index (κ3) is 6.17. The van der Waals surface area contributed by atoms with Crippen LogP contribution in [-0.2, 0) is 16.1 Å². The molecule has 0 heterocycles. The first-order valence-electron chi connectivity index (χ1n) is 6.18. The Morgan fingerprint density at radius 2 is 1.90 bits per heavy atom. The first-order chi connectivity index (χ1) is 9.31. The van der Waals surface area contributed by atoms with Crippen LogP contribution in [0.3, 0.4) is 0 Å². The molecule has 0 aromatic heterocycles. The van der Waals surface area contributed by atoms with Gasteiger partial charge in [0.15, 0.2) is 0 Å². The van der Waals surface area contributed by atoms with Gasteiger partial charge in [0.05, 0.1) is 11.8 Å². The second-order valence-corrected chi connectivity index (χ2v) is 6.65. The number of esters is 1. The highest BCUT2D eigenvalue weighted by Gasteiger charge is 2.30. The number of halogens is 3. The lowest BCUT2D eigenvalue weighted by Crippen LogP contribution is -2.27. The van der Waals surface area contributed by atoms with Crippen molar-refractivity contribution in [3.05, 3.63) is 46.5 Å². The van der Waals surface area contributed by atoms with Crippen molar-refractivity contribution in [2.75, 3.05) is 0 Å². The number of carbonyl (C=O) groups is 1. The van der Waals surface area contributed by atoms with Crippen molar-refractivity contribution in [2.45, 2.75) is 32.3 Å². The topological polar surface area (TPSA) is 26.3 Å². The monoisotopic (exact) mass is 334 g/mol. The van der Waals surface area contributed by atoms with Crippen LogP contribution in [0.1, 0.15) is 25.8 Å². The molecule has 0 aliphatic rings. The van der Waals surface area contributed by atoms with E-state index in [4.69, 9.17) is 39.5 Å². The SMILES string of the molecule is CC(C)(CC(=O)OCc1ccccc1)C(Cl)C=C(Cl)Cl. The second kappa shape index (κ2) is 7.92. The van der Waals surface area contributed by atoms with Crippen molar-refractivity contribution in [2.24, 2.45) is 5.41 Å². The van der Waals surface area contributed by atoms with E-state index in [0.717, 1.165) is 5.56 Å². The molecule has 1 aromatic rings. The highest BCUT2D eigenvalue weighted by molar-refractivity contribution is 6.56. The molecule has 0 aliphatic carbocycles. The number of carbonyl (C=O) groups excluding carboxylic acids is 1. The minimum atomic E-state index is -0.496. The Labute approximate surface area is 134 Å². The molecule has 0 fully saturated rings. The van der Waals surface area contributed by atoms with Gasteiger partial charge in [0.2, 0.25) is 0 Å². The largest absolute Gasteiger partial charge is 0.461 e. The molecule has 0 amide bonds. The molecule has 2 nitrogen and oxygen atoms in total. The zero-order valence-electron chi connectivity index (χ0n) is 11.4. The van der Waals surface area contributed by atoms with Crippen molar-refractivity contribution >= 4 is 40.8 Å². The average molecular weight is 336 g/mol. The van der Waals surface area contributed by atoms with Crippen LogP contribution in [0, 0.1) is 5.41 Å². The predicted molar refractivity (Wildman–Crippen MR) is 84.1 cm³/mol. The molecule has 0 saturated heterocycles. The Hall–Kier alpha value is -0.700. The maximum atomic E-state index is 11.9. The number of alkyl halides is 1. The number of allylic oxidation sites excluding steroid dienone is 1. The molecule has 0 spiro atoms. The average Bonchev–Trinajstić information content (AvgIpc) is 2.36. The Balaban J connectivity index is 2.51. The summed E-state index contributed by atoms with van der Waals surface area (Å²) in [5.41, 5.74) is 0.453. The predicted octanol–water partition coefficient (Wildman–Crippen LogP) is 5.07. The quantitative estimate of drug-likeness (QED) is 0.536. The summed E-state index contributed by atoms with van der Waals surface area (Å²) < 4.78 is 5.33. The maximum absolute atomic E-state index is 11.9. The zero-order valence-corrected chi connectivity index (χ0v) is 13.7. The van der Waals surface area contributed by atoms with E-state index in [2.05, 4.69) is 0 Å². The van der Waals surface area contributed by atoms with Crippen LogP contribution in [0.5, 0.6) is 0 Å². The minimum Gasteiger partial charge on any atom is -0.461 e. The molecule has 1 aromatic carbocycles. The van der Waals surface area contributed by atoms with Crippen molar-refractivity contribution < 1.29 is 9.53 Å². The summed E-state index contributed by atoms with van der Waals surface area (Å²) in [6.07, 6.45) is 1.70. The van der Waals surface area contributed by atoms with Gasteiger partial charge in [-0.1, -0.05) is 67.4 Å². The standard InChI is InChI=1S/C15H17Cl3O2/c1-15(2,12(16)8-13(17)18)9-14(19)20-10-11-6-4-3-5-7-11/h3-8,12H,9-10H2,1-2H3.